The van der Waals surface area contributed by atoms with Gasteiger partial charge in [0.25, 0.3) is 0 Å². The maximum atomic E-state index is 12.4. The van der Waals surface area contributed by atoms with Crippen molar-refractivity contribution >= 4 is 22.6 Å². The van der Waals surface area contributed by atoms with Gasteiger partial charge < -0.3 is 10.1 Å². The number of anilines is 1. The molecule has 4 aromatic rings. The zero-order valence-electron chi connectivity index (χ0n) is 15.0. The number of rotatable bonds is 5. The normalized spacial score (nSPS) is 10.9. The maximum absolute atomic E-state index is 12.4. The molecule has 0 atom stereocenters. The quantitative estimate of drug-likeness (QED) is 0.589. The third-order valence-corrected chi connectivity index (χ3v) is 4.22. The van der Waals surface area contributed by atoms with Crippen molar-refractivity contribution in [3.05, 3.63) is 55.0 Å². The number of amides is 1. The first kappa shape index (κ1) is 16.8. The molecule has 0 fully saturated rings. The van der Waals surface area contributed by atoms with Crippen LogP contribution < -0.4 is 10.1 Å². The van der Waals surface area contributed by atoms with Crippen molar-refractivity contribution in [2.24, 2.45) is 7.05 Å². The molecule has 0 aliphatic heterocycles. The minimum Gasteiger partial charge on any atom is -0.494 e. The van der Waals surface area contributed by atoms with E-state index in [1.807, 2.05) is 37.4 Å². The summed E-state index contributed by atoms with van der Waals surface area (Å²) >= 11 is 0. The van der Waals surface area contributed by atoms with E-state index in [9.17, 15) is 4.79 Å². The topological polar surface area (TPSA) is 86.9 Å². The molecule has 0 bridgehead atoms. The fraction of sp³-hybridized carbons (Fsp3) is 0.158. The van der Waals surface area contributed by atoms with Crippen molar-refractivity contribution in [1.82, 2.24) is 24.5 Å². The molecule has 0 aliphatic rings. The van der Waals surface area contributed by atoms with Gasteiger partial charge in [0.2, 0.25) is 5.91 Å². The number of hydrogen-bond donors (Lipinski definition) is 1. The molecule has 0 aliphatic carbocycles. The second-order valence-electron chi connectivity index (χ2n) is 6.02. The van der Waals surface area contributed by atoms with Gasteiger partial charge in [-0.2, -0.15) is 10.2 Å². The van der Waals surface area contributed by atoms with Crippen molar-refractivity contribution in [3.8, 4) is 17.0 Å². The lowest BCUT2D eigenvalue weighted by Gasteiger charge is -2.04. The number of carbonyl (C=O) groups is 1. The van der Waals surface area contributed by atoms with Crippen molar-refractivity contribution in [3.63, 3.8) is 0 Å². The Morgan fingerprint density at radius 2 is 2.07 bits per heavy atom. The number of pyridine rings is 1. The van der Waals surface area contributed by atoms with Gasteiger partial charge in [0.1, 0.15) is 18.0 Å². The van der Waals surface area contributed by atoms with Crippen LogP contribution >= 0.6 is 0 Å². The van der Waals surface area contributed by atoms with E-state index in [-0.39, 0.29) is 12.5 Å². The number of hydrogen-bond acceptors (Lipinski definition) is 5. The second kappa shape index (κ2) is 6.91. The lowest BCUT2D eigenvalue weighted by molar-refractivity contribution is -0.116. The van der Waals surface area contributed by atoms with E-state index in [2.05, 4.69) is 20.5 Å². The van der Waals surface area contributed by atoms with E-state index in [1.54, 1.807) is 41.1 Å². The summed E-state index contributed by atoms with van der Waals surface area (Å²) in [5.74, 6) is 0.986. The molecule has 0 saturated heterocycles. The fourth-order valence-corrected chi connectivity index (χ4v) is 2.97. The Hall–Kier alpha value is -3.68. The molecule has 0 radical (unpaired) electrons. The first-order chi connectivity index (χ1) is 13.2. The molecule has 8 heteroatoms. The van der Waals surface area contributed by atoms with E-state index in [4.69, 9.17) is 4.74 Å². The molecule has 8 nitrogen and oxygen atoms in total. The van der Waals surface area contributed by atoms with Gasteiger partial charge in [-0.15, -0.1) is 0 Å². The molecule has 0 saturated carbocycles. The highest BCUT2D eigenvalue weighted by atomic mass is 16.5. The van der Waals surface area contributed by atoms with Crippen molar-refractivity contribution in [1.29, 1.82) is 0 Å². The highest BCUT2D eigenvalue weighted by Crippen LogP contribution is 2.26. The summed E-state index contributed by atoms with van der Waals surface area (Å²) in [7, 11) is 3.44. The lowest BCUT2D eigenvalue weighted by Crippen LogP contribution is -2.19. The SMILES string of the molecule is COc1cccnc1-c1cnn(CC(=O)Nc2nn(C)c3ccccc23)c1. The van der Waals surface area contributed by atoms with Gasteiger partial charge in [-0.1, -0.05) is 12.1 Å². The fourth-order valence-electron chi connectivity index (χ4n) is 2.97. The molecule has 3 heterocycles. The van der Waals surface area contributed by atoms with Gasteiger partial charge in [0, 0.05) is 30.4 Å². The van der Waals surface area contributed by atoms with E-state index < -0.39 is 0 Å². The molecule has 0 unspecified atom stereocenters. The van der Waals surface area contributed by atoms with Crippen LogP contribution in [-0.2, 0) is 18.4 Å². The van der Waals surface area contributed by atoms with Crippen LogP contribution in [0.3, 0.4) is 0 Å². The molecule has 136 valence electrons. The maximum Gasteiger partial charge on any atom is 0.247 e. The van der Waals surface area contributed by atoms with Crippen LogP contribution in [-0.4, -0.2) is 37.6 Å². The Balaban J connectivity index is 1.51. The number of benzene rings is 1. The van der Waals surface area contributed by atoms with Crippen molar-refractivity contribution in [2.45, 2.75) is 6.54 Å². The largest absolute Gasteiger partial charge is 0.494 e. The highest BCUT2D eigenvalue weighted by Gasteiger charge is 2.13. The van der Waals surface area contributed by atoms with Gasteiger partial charge in [0.05, 0.1) is 18.8 Å². The molecule has 4 rings (SSSR count). The molecule has 27 heavy (non-hydrogen) atoms. The van der Waals surface area contributed by atoms with Gasteiger partial charge in [-0.05, 0) is 24.3 Å². The van der Waals surface area contributed by atoms with Crippen LogP contribution in [0, 0.1) is 0 Å². The number of nitrogens with zero attached hydrogens (tertiary/aromatic N) is 5. The first-order valence-corrected chi connectivity index (χ1v) is 8.39. The third kappa shape index (κ3) is 3.24. The highest BCUT2D eigenvalue weighted by molar-refractivity contribution is 5.99. The van der Waals surface area contributed by atoms with E-state index in [0.717, 1.165) is 16.5 Å². The van der Waals surface area contributed by atoms with Crippen LogP contribution in [0.4, 0.5) is 5.82 Å². The molecule has 1 amide bonds. The average Bonchev–Trinajstić information content (AvgIpc) is 3.27. The van der Waals surface area contributed by atoms with Crippen LogP contribution in [0.15, 0.2) is 55.0 Å². The van der Waals surface area contributed by atoms with Gasteiger partial charge in [-0.3, -0.25) is 19.1 Å². The summed E-state index contributed by atoms with van der Waals surface area (Å²) in [5.41, 5.74) is 2.42. The number of aryl methyl sites for hydroxylation is 1. The Bertz CT molecular complexity index is 1110. The third-order valence-electron chi connectivity index (χ3n) is 4.22. The standard InChI is InChI=1S/C19H18N6O2/c1-24-15-7-4-3-6-14(15)19(23-24)22-17(26)12-25-11-13(10-21-25)18-16(27-2)8-5-9-20-18/h3-11H,12H2,1-2H3,(H,22,23,26). The minimum atomic E-state index is -0.207. The monoisotopic (exact) mass is 362 g/mol. The average molecular weight is 362 g/mol. The number of para-hydroxylation sites is 1. The molecular formula is C19H18N6O2. The molecular weight excluding hydrogens is 344 g/mol. The Kier molecular flexibility index (Phi) is 4.29. The van der Waals surface area contributed by atoms with Crippen LogP contribution in [0.25, 0.3) is 22.2 Å². The molecule has 1 N–H and O–H groups in total. The molecule has 3 aromatic heterocycles. The van der Waals surface area contributed by atoms with E-state index in [1.165, 1.54) is 0 Å². The van der Waals surface area contributed by atoms with Crippen LogP contribution in [0.2, 0.25) is 0 Å². The zero-order valence-corrected chi connectivity index (χ0v) is 15.0. The number of nitrogens with one attached hydrogen (secondary N) is 1. The Morgan fingerprint density at radius 3 is 2.93 bits per heavy atom. The summed E-state index contributed by atoms with van der Waals surface area (Å²) in [6.07, 6.45) is 5.11. The predicted molar refractivity (Wildman–Crippen MR) is 101 cm³/mol. The summed E-state index contributed by atoms with van der Waals surface area (Å²) in [6.45, 7) is 0.0695. The van der Waals surface area contributed by atoms with Crippen molar-refractivity contribution < 1.29 is 9.53 Å². The molecule has 1 aromatic carbocycles. The smallest absolute Gasteiger partial charge is 0.247 e. The summed E-state index contributed by atoms with van der Waals surface area (Å²) in [4.78, 5) is 16.8. The number of carbonyl (C=O) groups excluding carboxylic acids is 1. The second-order valence-corrected chi connectivity index (χ2v) is 6.02. The van der Waals surface area contributed by atoms with Gasteiger partial charge in [-0.25, -0.2) is 0 Å². The summed E-state index contributed by atoms with van der Waals surface area (Å²) in [5, 5.41) is 12.4. The van der Waals surface area contributed by atoms with Gasteiger partial charge >= 0.3 is 0 Å². The van der Waals surface area contributed by atoms with Gasteiger partial charge in [0.15, 0.2) is 5.82 Å². The van der Waals surface area contributed by atoms with Crippen LogP contribution in [0.1, 0.15) is 0 Å². The van der Waals surface area contributed by atoms with Crippen molar-refractivity contribution in [2.75, 3.05) is 12.4 Å². The predicted octanol–water partition coefficient (Wildman–Crippen LogP) is 2.48. The zero-order chi connectivity index (χ0) is 18.8. The molecule has 0 spiro atoms. The summed E-state index contributed by atoms with van der Waals surface area (Å²) < 4.78 is 8.62. The summed E-state index contributed by atoms with van der Waals surface area (Å²) in [6, 6.07) is 11.4. The number of fused-ring (bicyclic) bond motifs is 1. The first-order valence-electron chi connectivity index (χ1n) is 8.39. The number of ether oxygens (including phenoxy) is 1. The van der Waals surface area contributed by atoms with E-state index >= 15 is 0 Å². The number of methoxy groups -OCH3 is 1. The van der Waals surface area contributed by atoms with Crippen LogP contribution in [0.5, 0.6) is 5.75 Å². The number of aromatic nitrogens is 5. The Morgan fingerprint density at radius 1 is 1.22 bits per heavy atom. The van der Waals surface area contributed by atoms with E-state index in [0.29, 0.717) is 17.3 Å². The lowest BCUT2D eigenvalue weighted by atomic mass is 10.2. The Labute approximate surface area is 155 Å². The minimum absolute atomic E-state index is 0.0695.